The number of Topliss-reactive ketones (excluding diaryl/α,β-unsaturated/α-hetero) is 1. The molecule has 7 heteroatoms. The van der Waals surface area contributed by atoms with E-state index in [4.69, 9.17) is 4.74 Å². The number of nitrogens with zero attached hydrogens (tertiary/aromatic N) is 2. The highest BCUT2D eigenvalue weighted by Gasteiger charge is 2.09. The van der Waals surface area contributed by atoms with Crippen LogP contribution in [0.25, 0.3) is 0 Å². The number of carbonyl (C=O) groups excluding carboxylic acids is 2. The van der Waals surface area contributed by atoms with Crippen LogP contribution in [-0.4, -0.2) is 42.1 Å². The third-order valence-electron chi connectivity index (χ3n) is 3.04. The van der Waals surface area contributed by atoms with E-state index in [1.807, 2.05) is 0 Å². The third-order valence-corrected chi connectivity index (χ3v) is 3.04. The largest absolute Gasteiger partial charge is 0.383 e. The van der Waals surface area contributed by atoms with Crippen molar-refractivity contribution in [2.45, 2.75) is 6.92 Å². The van der Waals surface area contributed by atoms with Crippen LogP contribution in [0.4, 0.5) is 11.5 Å². The van der Waals surface area contributed by atoms with Crippen molar-refractivity contribution in [2.24, 2.45) is 0 Å². The van der Waals surface area contributed by atoms with Gasteiger partial charge in [0.25, 0.3) is 5.91 Å². The zero-order chi connectivity index (χ0) is 16.7. The molecule has 0 aliphatic heterocycles. The summed E-state index contributed by atoms with van der Waals surface area (Å²) in [6, 6.07) is 9.97. The Hall–Kier alpha value is -2.80. The summed E-state index contributed by atoms with van der Waals surface area (Å²) in [7, 11) is 1.61. The second-order valence-corrected chi connectivity index (χ2v) is 4.81. The van der Waals surface area contributed by atoms with E-state index in [9.17, 15) is 9.59 Å². The average molecular weight is 314 g/mol. The molecule has 2 rings (SSSR count). The van der Waals surface area contributed by atoms with Gasteiger partial charge in [-0.05, 0) is 31.2 Å². The molecule has 7 nitrogen and oxygen atoms in total. The minimum absolute atomic E-state index is 0.0626. The van der Waals surface area contributed by atoms with E-state index in [1.165, 1.54) is 6.92 Å². The van der Waals surface area contributed by atoms with Crippen molar-refractivity contribution in [2.75, 3.05) is 30.9 Å². The van der Waals surface area contributed by atoms with Crippen LogP contribution >= 0.6 is 0 Å². The van der Waals surface area contributed by atoms with Gasteiger partial charge in [-0.2, -0.15) is 0 Å². The molecule has 0 radical (unpaired) electrons. The van der Waals surface area contributed by atoms with Gasteiger partial charge in [0.15, 0.2) is 11.5 Å². The zero-order valence-electron chi connectivity index (χ0n) is 13.0. The molecule has 2 N–H and O–H groups in total. The maximum absolute atomic E-state index is 12.1. The molecule has 0 unspecified atom stereocenters. The SMILES string of the molecule is COCCNc1ccc(C(=O)Nc2cccc(C(C)=O)c2)nn1. The van der Waals surface area contributed by atoms with Gasteiger partial charge in [-0.1, -0.05) is 12.1 Å². The number of methoxy groups -OCH3 is 1. The Balaban J connectivity index is 2.00. The molecule has 1 aromatic carbocycles. The molecule has 0 aliphatic rings. The Kier molecular flexibility index (Phi) is 5.76. The second kappa shape index (κ2) is 8.00. The lowest BCUT2D eigenvalue weighted by Crippen LogP contribution is -2.15. The van der Waals surface area contributed by atoms with Gasteiger partial charge >= 0.3 is 0 Å². The molecule has 23 heavy (non-hydrogen) atoms. The lowest BCUT2D eigenvalue weighted by atomic mass is 10.1. The normalized spacial score (nSPS) is 10.2. The standard InChI is InChI=1S/C16H18N4O3/c1-11(21)12-4-3-5-13(10-12)18-16(22)14-6-7-15(20-19-14)17-8-9-23-2/h3-7,10H,8-9H2,1-2H3,(H,17,20)(H,18,22). The summed E-state index contributed by atoms with van der Waals surface area (Å²) in [6.07, 6.45) is 0. The number of benzene rings is 1. The highest BCUT2D eigenvalue weighted by atomic mass is 16.5. The maximum Gasteiger partial charge on any atom is 0.276 e. The first-order chi connectivity index (χ1) is 11.1. The highest BCUT2D eigenvalue weighted by Crippen LogP contribution is 2.12. The second-order valence-electron chi connectivity index (χ2n) is 4.81. The monoisotopic (exact) mass is 314 g/mol. The van der Waals surface area contributed by atoms with Crippen molar-refractivity contribution < 1.29 is 14.3 Å². The molecule has 2 aromatic rings. The quantitative estimate of drug-likeness (QED) is 0.599. The molecule has 0 bridgehead atoms. The zero-order valence-corrected chi connectivity index (χ0v) is 13.0. The van der Waals surface area contributed by atoms with Crippen LogP contribution in [0, 0.1) is 0 Å². The molecular formula is C16H18N4O3. The van der Waals surface area contributed by atoms with Gasteiger partial charge < -0.3 is 15.4 Å². The van der Waals surface area contributed by atoms with Crippen LogP contribution in [0.2, 0.25) is 0 Å². The van der Waals surface area contributed by atoms with Crippen LogP contribution in [-0.2, 0) is 4.74 Å². The maximum atomic E-state index is 12.1. The van der Waals surface area contributed by atoms with Gasteiger partial charge in [-0.3, -0.25) is 9.59 Å². The molecule has 0 aliphatic carbocycles. The van der Waals surface area contributed by atoms with Crippen LogP contribution in [0.1, 0.15) is 27.8 Å². The van der Waals surface area contributed by atoms with Crippen LogP contribution < -0.4 is 10.6 Å². The summed E-state index contributed by atoms with van der Waals surface area (Å²) in [5.74, 6) is 0.117. The summed E-state index contributed by atoms with van der Waals surface area (Å²) in [5.41, 5.74) is 1.26. The highest BCUT2D eigenvalue weighted by molar-refractivity contribution is 6.03. The van der Waals surface area contributed by atoms with E-state index in [2.05, 4.69) is 20.8 Å². The Morgan fingerprint density at radius 3 is 2.65 bits per heavy atom. The number of ether oxygens (including phenoxy) is 1. The summed E-state index contributed by atoms with van der Waals surface area (Å²) in [6.45, 7) is 2.63. The molecule has 0 saturated heterocycles. The number of rotatable bonds is 7. The summed E-state index contributed by atoms with van der Waals surface area (Å²) < 4.78 is 4.92. The van der Waals surface area contributed by atoms with Gasteiger partial charge in [-0.15, -0.1) is 10.2 Å². The van der Waals surface area contributed by atoms with Crippen LogP contribution in [0.5, 0.6) is 0 Å². The number of hydrogen-bond donors (Lipinski definition) is 2. The number of ketones is 1. The van der Waals surface area contributed by atoms with Crippen LogP contribution in [0.15, 0.2) is 36.4 Å². The predicted molar refractivity (Wildman–Crippen MR) is 86.8 cm³/mol. The van der Waals surface area contributed by atoms with Crippen molar-refractivity contribution in [3.05, 3.63) is 47.7 Å². The molecule has 120 valence electrons. The summed E-state index contributed by atoms with van der Waals surface area (Å²) in [4.78, 5) is 23.5. The Morgan fingerprint density at radius 2 is 2.00 bits per heavy atom. The predicted octanol–water partition coefficient (Wildman–Crippen LogP) is 1.99. The van der Waals surface area contributed by atoms with Crippen LogP contribution in [0.3, 0.4) is 0 Å². The first kappa shape index (κ1) is 16.6. The Labute approximate surface area is 134 Å². The number of nitrogens with one attached hydrogen (secondary N) is 2. The molecule has 1 aromatic heterocycles. The third kappa shape index (κ3) is 4.86. The number of anilines is 2. The molecule has 0 spiro atoms. The summed E-state index contributed by atoms with van der Waals surface area (Å²) in [5, 5.41) is 13.5. The van der Waals surface area contributed by atoms with Crippen molar-refractivity contribution in [3.63, 3.8) is 0 Å². The minimum atomic E-state index is -0.387. The smallest absolute Gasteiger partial charge is 0.276 e. The van der Waals surface area contributed by atoms with E-state index in [0.29, 0.717) is 30.2 Å². The molecule has 1 amide bonds. The van der Waals surface area contributed by atoms with Crippen molar-refractivity contribution in [1.29, 1.82) is 0 Å². The fraction of sp³-hybridized carbons (Fsp3) is 0.250. The summed E-state index contributed by atoms with van der Waals surface area (Å²) >= 11 is 0. The lowest BCUT2D eigenvalue weighted by molar-refractivity contribution is 0.100. The van der Waals surface area contributed by atoms with E-state index in [0.717, 1.165) is 0 Å². The first-order valence-electron chi connectivity index (χ1n) is 7.09. The molecular weight excluding hydrogens is 296 g/mol. The Morgan fingerprint density at radius 1 is 1.17 bits per heavy atom. The molecule has 1 heterocycles. The number of carbonyl (C=O) groups is 2. The molecule has 0 fully saturated rings. The first-order valence-corrected chi connectivity index (χ1v) is 7.09. The fourth-order valence-corrected chi connectivity index (χ4v) is 1.84. The van der Waals surface area contributed by atoms with E-state index >= 15 is 0 Å². The Bertz CT molecular complexity index is 686. The van der Waals surface area contributed by atoms with Gasteiger partial charge in [0.1, 0.15) is 5.82 Å². The molecule has 0 saturated carbocycles. The number of hydrogen-bond acceptors (Lipinski definition) is 6. The van der Waals surface area contributed by atoms with Gasteiger partial charge in [0.2, 0.25) is 0 Å². The minimum Gasteiger partial charge on any atom is -0.383 e. The van der Waals surface area contributed by atoms with E-state index in [1.54, 1.807) is 43.5 Å². The van der Waals surface area contributed by atoms with Gasteiger partial charge in [0.05, 0.1) is 6.61 Å². The lowest BCUT2D eigenvalue weighted by Gasteiger charge is -2.07. The number of aromatic nitrogens is 2. The van der Waals surface area contributed by atoms with Crippen molar-refractivity contribution in [3.8, 4) is 0 Å². The van der Waals surface area contributed by atoms with Crippen molar-refractivity contribution >= 4 is 23.2 Å². The molecule has 0 atom stereocenters. The fourth-order valence-electron chi connectivity index (χ4n) is 1.84. The van der Waals surface area contributed by atoms with Crippen molar-refractivity contribution in [1.82, 2.24) is 10.2 Å². The van der Waals surface area contributed by atoms with Gasteiger partial charge in [0, 0.05) is 24.9 Å². The average Bonchev–Trinajstić information content (AvgIpc) is 2.56. The van der Waals surface area contributed by atoms with Gasteiger partial charge in [-0.25, -0.2) is 0 Å². The number of amides is 1. The topological polar surface area (TPSA) is 93.2 Å². The van der Waals surface area contributed by atoms with E-state index < -0.39 is 0 Å². The van der Waals surface area contributed by atoms with E-state index in [-0.39, 0.29) is 17.4 Å².